The predicted octanol–water partition coefficient (Wildman–Crippen LogP) is 5.18. The minimum Gasteiger partial charge on any atom is -0.494 e. The van der Waals surface area contributed by atoms with E-state index in [1.807, 2.05) is 45.0 Å². The van der Waals surface area contributed by atoms with Crippen LogP contribution in [0.25, 0.3) is 10.9 Å². The van der Waals surface area contributed by atoms with Gasteiger partial charge in [0.1, 0.15) is 11.4 Å². The number of benzene rings is 2. The zero-order chi connectivity index (χ0) is 22.9. The molecular weight excluding hydrogens is 411 g/mol. The summed E-state index contributed by atoms with van der Waals surface area (Å²) in [6.07, 6.45) is 1.87. The largest absolute Gasteiger partial charge is 0.494 e. The number of nitrogens with one attached hydrogen (secondary N) is 2. The van der Waals surface area contributed by atoms with Gasteiger partial charge in [-0.05, 0) is 45.4 Å². The molecule has 7 nitrogen and oxygen atoms in total. The van der Waals surface area contributed by atoms with Crippen molar-refractivity contribution >= 4 is 34.6 Å². The van der Waals surface area contributed by atoms with Gasteiger partial charge in [-0.25, -0.2) is 9.18 Å². The van der Waals surface area contributed by atoms with Gasteiger partial charge in [-0.15, -0.1) is 0 Å². The zero-order valence-corrected chi connectivity index (χ0v) is 18.4. The van der Waals surface area contributed by atoms with Crippen molar-refractivity contribution in [1.82, 2.24) is 9.88 Å². The lowest BCUT2D eigenvalue weighted by atomic mass is 10.2. The van der Waals surface area contributed by atoms with E-state index in [1.54, 1.807) is 17.0 Å². The first-order chi connectivity index (χ1) is 15.2. The number of carbonyl (C=O) groups excluding carboxylic acids is 1. The first kappa shape index (κ1) is 21.7. The molecule has 1 unspecified atom stereocenters. The molecule has 1 saturated heterocycles. The summed E-state index contributed by atoms with van der Waals surface area (Å²) in [5.41, 5.74) is 1.59. The number of H-pyrrole nitrogens is 1. The van der Waals surface area contributed by atoms with Crippen LogP contribution in [0.5, 0.6) is 5.88 Å². The van der Waals surface area contributed by atoms with E-state index in [0.717, 1.165) is 10.9 Å². The van der Waals surface area contributed by atoms with Crippen molar-refractivity contribution in [2.24, 2.45) is 4.99 Å². The molecule has 3 aromatic rings. The molecular formula is C24H27FN4O3. The topological polar surface area (TPSA) is 89.9 Å². The quantitative estimate of drug-likeness (QED) is 0.489. The molecule has 8 heteroatoms. The van der Waals surface area contributed by atoms with Crippen LogP contribution in [0, 0.1) is 5.82 Å². The number of para-hydroxylation sites is 1. The number of carbonyl (C=O) groups is 1. The molecule has 2 aromatic carbocycles. The molecule has 32 heavy (non-hydrogen) atoms. The van der Waals surface area contributed by atoms with Gasteiger partial charge in [0, 0.05) is 42.3 Å². The number of halogens is 1. The van der Waals surface area contributed by atoms with E-state index >= 15 is 0 Å². The Labute approximate surface area is 185 Å². The number of anilines is 1. The van der Waals surface area contributed by atoms with E-state index in [1.165, 1.54) is 12.3 Å². The summed E-state index contributed by atoms with van der Waals surface area (Å²) in [5, 5.41) is 14.1. The van der Waals surface area contributed by atoms with Crippen LogP contribution >= 0.6 is 0 Å². The van der Waals surface area contributed by atoms with E-state index < -0.39 is 11.4 Å². The minimum atomic E-state index is -0.547. The summed E-state index contributed by atoms with van der Waals surface area (Å²) in [5.74, 6) is -0.414. The molecule has 1 aliphatic rings. The van der Waals surface area contributed by atoms with Crippen LogP contribution in [0.15, 0.2) is 47.5 Å². The number of aromatic hydroxyl groups is 1. The smallest absolute Gasteiger partial charge is 0.410 e. The Morgan fingerprint density at radius 1 is 1.31 bits per heavy atom. The maximum atomic E-state index is 14.7. The number of ether oxygens (including phenoxy) is 1. The number of amides is 1. The molecule has 1 aromatic heterocycles. The molecule has 1 atom stereocenters. The van der Waals surface area contributed by atoms with Crippen molar-refractivity contribution in [2.75, 3.05) is 18.4 Å². The van der Waals surface area contributed by atoms with Gasteiger partial charge in [0.15, 0.2) is 5.88 Å². The molecule has 1 amide bonds. The highest BCUT2D eigenvalue weighted by atomic mass is 19.1. The Balaban J connectivity index is 1.41. The molecule has 1 aliphatic heterocycles. The van der Waals surface area contributed by atoms with Gasteiger partial charge in [0.25, 0.3) is 0 Å². The second kappa shape index (κ2) is 8.53. The predicted molar refractivity (Wildman–Crippen MR) is 123 cm³/mol. The molecule has 168 valence electrons. The van der Waals surface area contributed by atoms with Crippen molar-refractivity contribution in [1.29, 1.82) is 0 Å². The average molecular weight is 439 g/mol. The van der Waals surface area contributed by atoms with Gasteiger partial charge in [-0.1, -0.05) is 18.2 Å². The van der Waals surface area contributed by atoms with E-state index in [9.17, 15) is 14.3 Å². The second-order valence-corrected chi connectivity index (χ2v) is 8.91. The van der Waals surface area contributed by atoms with Crippen LogP contribution in [-0.2, 0) is 4.74 Å². The summed E-state index contributed by atoms with van der Waals surface area (Å²) >= 11 is 0. The lowest BCUT2D eigenvalue weighted by Gasteiger charge is -2.24. The summed E-state index contributed by atoms with van der Waals surface area (Å²) < 4.78 is 20.1. The average Bonchev–Trinajstić information content (AvgIpc) is 3.31. The van der Waals surface area contributed by atoms with Crippen LogP contribution in [0.2, 0.25) is 0 Å². The number of hydrogen-bond acceptors (Lipinski definition) is 5. The van der Waals surface area contributed by atoms with Crippen molar-refractivity contribution in [3.8, 4) is 5.88 Å². The molecule has 0 aliphatic carbocycles. The van der Waals surface area contributed by atoms with Crippen LogP contribution in [0.4, 0.5) is 20.6 Å². The summed E-state index contributed by atoms with van der Waals surface area (Å²) in [6, 6.07) is 12.1. The third kappa shape index (κ3) is 4.85. The van der Waals surface area contributed by atoms with Gasteiger partial charge in [0.2, 0.25) is 0 Å². The van der Waals surface area contributed by atoms with Gasteiger partial charge in [0.05, 0.1) is 16.9 Å². The Hall–Kier alpha value is -3.55. The molecule has 0 bridgehead atoms. The number of aliphatic imine (C=N–C) groups is 1. The number of rotatable bonds is 4. The Kier molecular flexibility index (Phi) is 5.78. The van der Waals surface area contributed by atoms with Crippen molar-refractivity contribution < 1.29 is 19.0 Å². The number of likely N-dealkylation sites (tertiary alicyclic amines) is 1. The number of hydrogen-bond donors (Lipinski definition) is 3. The van der Waals surface area contributed by atoms with Gasteiger partial charge >= 0.3 is 6.09 Å². The normalized spacial score (nSPS) is 16.8. The van der Waals surface area contributed by atoms with E-state index in [2.05, 4.69) is 15.3 Å². The monoisotopic (exact) mass is 438 g/mol. The number of nitrogens with zero attached hydrogens (tertiary/aromatic N) is 2. The molecule has 0 saturated carbocycles. The maximum absolute atomic E-state index is 14.7. The number of aromatic nitrogens is 1. The highest BCUT2D eigenvalue weighted by Gasteiger charge is 2.30. The van der Waals surface area contributed by atoms with Crippen molar-refractivity contribution in [3.63, 3.8) is 0 Å². The second-order valence-electron chi connectivity index (χ2n) is 8.91. The summed E-state index contributed by atoms with van der Waals surface area (Å²) in [4.78, 5) is 21.1. The molecule has 1 fully saturated rings. The van der Waals surface area contributed by atoms with Crippen molar-refractivity contribution in [2.45, 2.75) is 38.8 Å². The Morgan fingerprint density at radius 3 is 2.84 bits per heavy atom. The Bertz CT molecular complexity index is 1170. The fourth-order valence-corrected chi connectivity index (χ4v) is 3.71. The van der Waals surface area contributed by atoms with E-state index in [0.29, 0.717) is 36.4 Å². The molecule has 4 rings (SSSR count). The summed E-state index contributed by atoms with van der Waals surface area (Å²) in [7, 11) is 0. The standard InChI is InChI=1S/C24H27FN4O3/c1-24(2,3)32-23(31)29-11-10-16(14-29)27-21-9-8-15(12-19(21)25)26-13-18-17-6-4-5-7-20(17)28-22(18)30/h4-9,12-13,16,27-28,30H,10-11,14H2,1-3H3. The minimum absolute atomic E-state index is 0.0180. The molecule has 0 radical (unpaired) electrons. The number of aromatic amines is 1. The lowest BCUT2D eigenvalue weighted by Crippen LogP contribution is -2.36. The molecule has 3 N–H and O–H groups in total. The van der Waals surface area contributed by atoms with E-state index in [-0.39, 0.29) is 18.0 Å². The Morgan fingerprint density at radius 2 is 2.09 bits per heavy atom. The third-order valence-corrected chi connectivity index (χ3v) is 5.22. The third-order valence-electron chi connectivity index (χ3n) is 5.22. The molecule has 2 heterocycles. The van der Waals surface area contributed by atoms with Gasteiger partial charge < -0.3 is 25.0 Å². The fraction of sp³-hybridized carbons (Fsp3) is 0.333. The summed E-state index contributed by atoms with van der Waals surface area (Å²) in [6.45, 7) is 6.50. The van der Waals surface area contributed by atoms with Crippen molar-refractivity contribution in [3.05, 3.63) is 53.8 Å². The molecule has 0 spiro atoms. The first-order valence-corrected chi connectivity index (χ1v) is 10.6. The van der Waals surface area contributed by atoms with E-state index in [4.69, 9.17) is 4.74 Å². The number of fused-ring (bicyclic) bond motifs is 1. The fourth-order valence-electron chi connectivity index (χ4n) is 3.71. The SMILES string of the molecule is CC(C)(C)OC(=O)N1CCC(Nc2ccc(N=Cc3c(O)[nH]c4ccccc34)cc2F)C1. The highest BCUT2D eigenvalue weighted by Crippen LogP contribution is 2.27. The lowest BCUT2D eigenvalue weighted by molar-refractivity contribution is 0.0293. The van der Waals surface area contributed by atoms with Gasteiger partial charge in [-0.3, -0.25) is 4.99 Å². The highest BCUT2D eigenvalue weighted by molar-refractivity contribution is 6.02. The van der Waals surface area contributed by atoms with Crippen LogP contribution in [-0.4, -0.2) is 52.0 Å². The van der Waals surface area contributed by atoms with Crippen LogP contribution in [0.3, 0.4) is 0 Å². The van der Waals surface area contributed by atoms with Crippen LogP contribution in [0.1, 0.15) is 32.8 Å². The maximum Gasteiger partial charge on any atom is 0.410 e. The van der Waals surface area contributed by atoms with Crippen LogP contribution < -0.4 is 5.32 Å². The zero-order valence-electron chi connectivity index (χ0n) is 18.4. The van der Waals surface area contributed by atoms with Gasteiger partial charge in [-0.2, -0.15) is 0 Å². The first-order valence-electron chi connectivity index (χ1n) is 10.6.